The van der Waals surface area contributed by atoms with E-state index in [9.17, 15) is 4.79 Å². The van der Waals surface area contributed by atoms with Gasteiger partial charge in [-0.1, -0.05) is 6.92 Å². The molecule has 1 amide bonds. The fourth-order valence-corrected chi connectivity index (χ4v) is 3.72. The van der Waals surface area contributed by atoms with Crippen molar-refractivity contribution in [2.45, 2.75) is 39.8 Å². The van der Waals surface area contributed by atoms with Crippen LogP contribution in [0, 0.1) is 6.92 Å². The number of hydrogen-bond donors (Lipinski definition) is 0. The number of aryl methyl sites for hydroxylation is 2. The molecule has 1 saturated heterocycles. The van der Waals surface area contributed by atoms with Crippen LogP contribution in [0.1, 0.15) is 26.0 Å². The van der Waals surface area contributed by atoms with Crippen molar-refractivity contribution in [1.82, 2.24) is 34.2 Å². The third-order valence-corrected chi connectivity index (χ3v) is 5.49. The first-order chi connectivity index (χ1) is 14.5. The minimum atomic E-state index is -0.628. The number of hydrogen-bond acceptors (Lipinski definition) is 7. The number of imidazole rings is 1. The van der Waals surface area contributed by atoms with E-state index in [0.717, 1.165) is 23.6 Å². The van der Waals surface area contributed by atoms with Gasteiger partial charge in [0.05, 0.1) is 25.0 Å². The summed E-state index contributed by atoms with van der Waals surface area (Å²) in [6.45, 7) is 9.02. The van der Waals surface area contributed by atoms with Gasteiger partial charge in [0.15, 0.2) is 17.3 Å². The predicted molar refractivity (Wildman–Crippen MR) is 110 cm³/mol. The molecule has 0 N–H and O–H groups in total. The zero-order valence-electron chi connectivity index (χ0n) is 17.8. The Hall–Kier alpha value is -3.01. The molecule has 0 radical (unpaired) electrons. The maximum atomic E-state index is 12.9. The quantitative estimate of drug-likeness (QED) is 0.605. The fourth-order valence-electron chi connectivity index (χ4n) is 3.72. The third kappa shape index (κ3) is 3.51. The van der Waals surface area contributed by atoms with Gasteiger partial charge in [0.25, 0.3) is 5.91 Å². The highest BCUT2D eigenvalue weighted by Crippen LogP contribution is 2.29. The van der Waals surface area contributed by atoms with Gasteiger partial charge in [0.2, 0.25) is 5.88 Å². The zero-order chi connectivity index (χ0) is 21.3. The fraction of sp³-hybridized carbons (Fsp3) is 0.550. The largest absolute Gasteiger partial charge is 0.463 e. The van der Waals surface area contributed by atoms with Crippen LogP contribution in [-0.2, 0) is 23.1 Å². The minimum absolute atomic E-state index is 0.0521. The zero-order valence-corrected chi connectivity index (χ0v) is 17.8. The van der Waals surface area contributed by atoms with Crippen molar-refractivity contribution in [2.75, 3.05) is 26.3 Å². The Bertz CT molecular complexity index is 1050. The van der Waals surface area contributed by atoms with Gasteiger partial charge < -0.3 is 18.9 Å². The molecule has 0 spiro atoms. The van der Waals surface area contributed by atoms with Crippen LogP contribution in [0.3, 0.4) is 0 Å². The predicted octanol–water partition coefficient (Wildman–Crippen LogP) is 1.57. The number of carbonyl (C=O) groups is 1. The molecular formula is C20H27N7O3. The monoisotopic (exact) mass is 413 g/mol. The van der Waals surface area contributed by atoms with Gasteiger partial charge in [-0.2, -0.15) is 10.1 Å². The number of aromatic nitrogens is 6. The van der Waals surface area contributed by atoms with Crippen molar-refractivity contribution >= 4 is 17.1 Å². The van der Waals surface area contributed by atoms with Crippen molar-refractivity contribution in [2.24, 2.45) is 7.05 Å². The van der Waals surface area contributed by atoms with Gasteiger partial charge in [0.1, 0.15) is 12.2 Å². The molecule has 0 aliphatic carbocycles. The first kappa shape index (κ1) is 20.3. The number of amides is 1. The molecule has 1 unspecified atom stereocenters. The summed E-state index contributed by atoms with van der Waals surface area (Å²) in [7, 11) is 1.90. The SMILES string of the molecule is CCC(Oc1ncnc2c1nc(-c1cnn(CC)c1C)n2C)C(=O)N1CCOCC1. The summed E-state index contributed by atoms with van der Waals surface area (Å²) in [5.41, 5.74) is 3.14. The molecule has 160 valence electrons. The molecule has 0 saturated carbocycles. The lowest BCUT2D eigenvalue weighted by atomic mass is 10.2. The molecule has 3 aromatic rings. The Morgan fingerprint density at radius 2 is 2.03 bits per heavy atom. The lowest BCUT2D eigenvalue weighted by molar-refractivity contribution is -0.143. The minimum Gasteiger partial charge on any atom is -0.463 e. The van der Waals surface area contributed by atoms with Crippen LogP contribution in [0.25, 0.3) is 22.6 Å². The van der Waals surface area contributed by atoms with Crippen LogP contribution >= 0.6 is 0 Å². The number of ether oxygens (including phenoxy) is 2. The Balaban J connectivity index is 1.67. The van der Waals surface area contributed by atoms with E-state index in [4.69, 9.17) is 14.5 Å². The van der Waals surface area contributed by atoms with Crippen LogP contribution in [0.4, 0.5) is 0 Å². The lowest BCUT2D eigenvalue weighted by Gasteiger charge is -2.29. The van der Waals surface area contributed by atoms with E-state index in [-0.39, 0.29) is 5.91 Å². The van der Waals surface area contributed by atoms with Gasteiger partial charge >= 0.3 is 0 Å². The van der Waals surface area contributed by atoms with E-state index in [0.29, 0.717) is 49.8 Å². The van der Waals surface area contributed by atoms with Crippen LogP contribution in [-0.4, -0.2) is 72.5 Å². The smallest absolute Gasteiger partial charge is 0.263 e. The van der Waals surface area contributed by atoms with Crippen LogP contribution < -0.4 is 4.74 Å². The molecule has 10 nitrogen and oxygen atoms in total. The molecule has 0 bridgehead atoms. The second-order valence-corrected chi connectivity index (χ2v) is 7.26. The molecular weight excluding hydrogens is 386 g/mol. The van der Waals surface area contributed by atoms with E-state index in [1.807, 2.05) is 43.3 Å². The van der Waals surface area contributed by atoms with E-state index in [2.05, 4.69) is 15.1 Å². The van der Waals surface area contributed by atoms with Crippen LogP contribution in [0.2, 0.25) is 0 Å². The van der Waals surface area contributed by atoms with Crippen LogP contribution in [0.15, 0.2) is 12.5 Å². The van der Waals surface area contributed by atoms with E-state index in [1.165, 1.54) is 6.33 Å². The second-order valence-electron chi connectivity index (χ2n) is 7.26. The molecule has 1 aliphatic rings. The topological polar surface area (TPSA) is 100 Å². The first-order valence-electron chi connectivity index (χ1n) is 10.3. The Labute approximate surface area is 174 Å². The molecule has 0 aromatic carbocycles. The van der Waals surface area contributed by atoms with Crippen molar-refractivity contribution < 1.29 is 14.3 Å². The van der Waals surface area contributed by atoms with Crippen molar-refractivity contribution in [3.63, 3.8) is 0 Å². The number of rotatable bonds is 6. The summed E-state index contributed by atoms with van der Waals surface area (Å²) in [4.78, 5) is 28.1. The summed E-state index contributed by atoms with van der Waals surface area (Å²) in [6, 6.07) is 0. The summed E-state index contributed by atoms with van der Waals surface area (Å²) < 4.78 is 15.2. The molecule has 10 heteroatoms. The standard InChI is InChI=1S/C20H27N7O3/c1-5-15(20(28)26-7-9-29-10-8-26)30-19-16-18(21-12-22-19)25(4)17(24-16)14-11-23-27(6-2)13(14)3/h11-12,15H,5-10H2,1-4H3. The number of fused-ring (bicyclic) bond motifs is 1. The highest BCUT2D eigenvalue weighted by molar-refractivity contribution is 5.84. The van der Waals surface area contributed by atoms with Crippen molar-refractivity contribution in [3.8, 4) is 17.3 Å². The lowest BCUT2D eigenvalue weighted by Crippen LogP contribution is -2.47. The number of carbonyl (C=O) groups excluding carboxylic acids is 1. The van der Waals surface area contributed by atoms with Gasteiger partial charge in [-0.25, -0.2) is 9.97 Å². The van der Waals surface area contributed by atoms with Gasteiger partial charge in [-0.05, 0) is 20.3 Å². The maximum absolute atomic E-state index is 12.9. The van der Waals surface area contributed by atoms with Gasteiger partial charge in [-0.3, -0.25) is 9.48 Å². The van der Waals surface area contributed by atoms with Crippen molar-refractivity contribution in [3.05, 3.63) is 18.2 Å². The molecule has 3 aromatic heterocycles. The third-order valence-electron chi connectivity index (χ3n) is 5.49. The van der Waals surface area contributed by atoms with Crippen molar-refractivity contribution in [1.29, 1.82) is 0 Å². The average molecular weight is 413 g/mol. The first-order valence-corrected chi connectivity index (χ1v) is 10.3. The Kier molecular flexibility index (Phi) is 5.67. The molecule has 4 rings (SSSR count). The molecule has 30 heavy (non-hydrogen) atoms. The summed E-state index contributed by atoms with van der Waals surface area (Å²) >= 11 is 0. The summed E-state index contributed by atoms with van der Waals surface area (Å²) in [5, 5.41) is 4.42. The Morgan fingerprint density at radius 3 is 2.70 bits per heavy atom. The van der Waals surface area contributed by atoms with E-state index < -0.39 is 6.10 Å². The number of morpholine rings is 1. The maximum Gasteiger partial charge on any atom is 0.263 e. The molecule has 1 fully saturated rings. The molecule has 4 heterocycles. The summed E-state index contributed by atoms with van der Waals surface area (Å²) in [6.07, 6.45) is 3.16. The van der Waals surface area contributed by atoms with E-state index in [1.54, 1.807) is 4.90 Å². The second kappa shape index (κ2) is 8.39. The highest BCUT2D eigenvalue weighted by atomic mass is 16.5. The number of nitrogens with zero attached hydrogens (tertiary/aromatic N) is 7. The van der Waals surface area contributed by atoms with Gasteiger partial charge in [0, 0.05) is 32.4 Å². The Morgan fingerprint density at radius 1 is 1.27 bits per heavy atom. The normalized spacial score (nSPS) is 15.5. The molecule has 1 aliphatic heterocycles. The molecule has 1 atom stereocenters. The average Bonchev–Trinajstić information content (AvgIpc) is 3.31. The van der Waals surface area contributed by atoms with Gasteiger partial charge in [-0.15, -0.1) is 0 Å². The highest BCUT2D eigenvalue weighted by Gasteiger charge is 2.28. The van der Waals surface area contributed by atoms with E-state index >= 15 is 0 Å². The summed E-state index contributed by atoms with van der Waals surface area (Å²) in [5.74, 6) is 1.000. The van der Waals surface area contributed by atoms with Crippen LogP contribution in [0.5, 0.6) is 5.88 Å².